The van der Waals surface area contributed by atoms with Gasteiger partial charge in [-0.05, 0) is 83.1 Å². The normalized spacial score (nSPS) is 27.0. The summed E-state index contributed by atoms with van der Waals surface area (Å²) in [7, 11) is 2.79. The lowest BCUT2D eigenvalue weighted by atomic mass is 9.78. The molecular weight excluding hydrogens is 518 g/mol. The molecule has 0 unspecified atom stereocenters. The average Bonchev–Trinajstić information content (AvgIpc) is 3.15. The molecule has 1 N–H and O–H groups in total. The van der Waals surface area contributed by atoms with E-state index in [0.29, 0.717) is 35.7 Å². The number of aromatic nitrogens is 2. The number of anilines is 1. The van der Waals surface area contributed by atoms with E-state index in [0.717, 1.165) is 18.3 Å². The van der Waals surface area contributed by atoms with Crippen molar-refractivity contribution in [3.8, 4) is 17.0 Å². The van der Waals surface area contributed by atoms with Crippen LogP contribution in [0.15, 0.2) is 30.3 Å². The van der Waals surface area contributed by atoms with Crippen molar-refractivity contribution in [2.75, 3.05) is 25.9 Å². The Balaban J connectivity index is 1.37. The molecule has 4 atom stereocenters. The molecule has 40 heavy (non-hydrogen) atoms. The van der Waals surface area contributed by atoms with E-state index in [4.69, 9.17) is 18.8 Å². The number of hydrogen-bond donors (Lipinski definition) is 1. The Bertz CT molecular complexity index is 1220. The van der Waals surface area contributed by atoms with Gasteiger partial charge in [0.1, 0.15) is 11.9 Å². The summed E-state index contributed by atoms with van der Waals surface area (Å²) in [5.74, 6) is 1.06. The summed E-state index contributed by atoms with van der Waals surface area (Å²) in [5, 5.41) is 18.5. The molecule has 0 spiro atoms. The largest absolute Gasteiger partial charge is 0.494 e. The molecule has 0 aliphatic carbocycles. The number of methoxy groups -OCH3 is 1. The van der Waals surface area contributed by atoms with Gasteiger partial charge in [-0.2, -0.15) is 0 Å². The van der Waals surface area contributed by atoms with E-state index >= 15 is 4.39 Å². The van der Waals surface area contributed by atoms with Crippen LogP contribution in [0, 0.1) is 0 Å². The van der Waals surface area contributed by atoms with Crippen molar-refractivity contribution in [2.45, 2.75) is 88.9 Å². The summed E-state index contributed by atoms with van der Waals surface area (Å²) in [6, 6.07) is 7.99. The van der Waals surface area contributed by atoms with Crippen molar-refractivity contribution in [2.24, 2.45) is 0 Å². The average molecular weight is 556 g/mol. The highest BCUT2D eigenvalue weighted by Gasteiger charge is 2.52. The van der Waals surface area contributed by atoms with Gasteiger partial charge < -0.3 is 28.8 Å². The van der Waals surface area contributed by atoms with E-state index in [1.807, 2.05) is 52.0 Å². The molecule has 3 aliphatic heterocycles. The number of carbonyl (C=O) groups is 1. The third kappa shape index (κ3) is 5.12. The molecule has 0 saturated carbocycles. The standard InChI is InChI=1S/C28H38BFN4O6/c1-27(2)28(3,4)40-29(39-27)17-10-11-19(23(14-17)38-16-37-6)20-12-13-24(32-31-20)33(5)22-15-18-8-7-9-21(25(22)30)34(18)26(35)36/h10-14,18,21-22,25H,7-9,15-16H2,1-6H3,(H,35,36)/t18-,21+,22-,25+/m0/s1. The first-order valence-corrected chi connectivity index (χ1v) is 13.8. The van der Waals surface area contributed by atoms with E-state index in [1.54, 1.807) is 25.1 Å². The van der Waals surface area contributed by atoms with Crippen molar-refractivity contribution < 1.29 is 33.1 Å². The Morgan fingerprint density at radius 2 is 1.90 bits per heavy atom. The van der Waals surface area contributed by atoms with Gasteiger partial charge in [-0.1, -0.05) is 6.07 Å². The topological polar surface area (TPSA) is 106 Å². The summed E-state index contributed by atoms with van der Waals surface area (Å²) >= 11 is 0. The Hall–Kier alpha value is -2.96. The third-order valence-electron chi connectivity index (χ3n) is 8.91. The Morgan fingerprint density at radius 3 is 2.52 bits per heavy atom. The second-order valence-electron chi connectivity index (χ2n) is 11.9. The number of hydrogen-bond acceptors (Lipinski definition) is 8. The molecule has 3 fully saturated rings. The van der Waals surface area contributed by atoms with E-state index < -0.39 is 42.7 Å². The SMILES string of the molecule is COCOc1cc(B2OC(C)(C)C(C)(C)O2)ccc1-c1ccc(N(C)[C@H]2C[C@@H]3CCC[C@H]([C@H]2F)N3C(=O)O)nn1. The minimum atomic E-state index is -1.31. The monoisotopic (exact) mass is 556 g/mol. The van der Waals surface area contributed by atoms with Gasteiger partial charge in [-0.3, -0.25) is 4.90 Å². The van der Waals surface area contributed by atoms with Gasteiger partial charge in [-0.25, -0.2) is 9.18 Å². The first-order valence-electron chi connectivity index (χ1n) is 13.8. The number of nitrogens with zero attached hydrogens (tertiary/aromatic N) is 4. The highest BCUT2D eigenvalue weighted by Crippen LogP contribution is 2.39. The summed E-state index contributed by atoms with van der Waals surface area (Å²) < 4.78 is 39.0. The molecule has 4 heterocycles. The van der Waals surface area contributed by atoms with Crippen LogP contribution in [0.25, 0.3) is 11.3 Å². The van der Waals surface area contributed by atoms with Gasteiger partial charge in [0.2, 0.25) is 0 Å². The molecule has 5 rings (SSSR count). The molecule has 2 aromatic rings. The lowest BCUT2D eigenvalue weighted by molar-refractivity contribution is -0.0127. The molecule has 1 aromatic heterocycles. The van der Waals surface area contributed by atoms with Crippen LogP contribution < -0.4 is 15.1 Å². The molecule has 2 bridgehead atoms. The Labute approximate surface area is 234 Å². The molecule has 3 aliphatic rings. The predicted octanol–water partition coefficient (Wildman–Crippen LogP) is 3.87. The second kappa shape index (κ2) is 10.8. The quantitative estimate of drug-likeness (QED) is 0.402. The number of ether oxygens (including phenoxy) is 2. The van der Waals surface area contributed by atoms with Gasteiger partial charge in [0.15, 0.2) is 12.6 Å². The fourth-order valence-electron chi connectivity index (χ4n) is 5.94. The van der Waals surface area contributed by atoms with Crippen molar-refractivity contribution in [1.29, 1.82) is 0 Å². The van der Waals surface area contributed by atoms with Crippen molar-refractivity contribution >= 4 is 24.5 Å². The minimum Gasteiger partial charge on any atom is -0.467 e. The molecule has 10 nitrogen and oxygen atoms in total. The first kappa shape index (κ1) is 28.6. The van der Waals surface area contributed by atoms with Crippen LogP contribution in [0.5, 0.6) is 5.75 Å². The van der Waals surface area contributed by atoms with Gasteiger partial charge >= 0.3 is 13.2 Å². The number of piperidine rings is 2. The highest BCUT2D eigenvalue weighted by molar-refractivity contribution is 6.62. The van der Waals surface area contributed by atoms with Crippen LogP contribution in [0.3, 0.4) is 0 Å². The maximum atomic E-state index is 15.6. The van der Waals surface area contributed by atoms with Gasteiger partial charge in [0.05, 0.1) is 29.0 Å². The van der Waals surface area contributed by atoms with Gasteiger partial charge in [0, 0.05) is 25.8 Å². The zero-order valence-corrected chi connectivity index (χ0v) is 24.0. The van der Waals surface area contributed by atoms with E-state index in [9.17, 15) is 9.90 Å². The minimum absolute atomic E-state index is 0.0450. The number of carboxylic acid groups (broad SMARTS) is 1. The molecular formula is C28H38BFN4O6. The van der Waals surface area contributed by atoms with Crippen LogP contribution in [0.1, 0.15) is 53.4 Å². The van der Waals surface area contributed by atoms with E-state index in [-0.39, 0.29) is 12.8 Å². The lowest BCUT2D eigenvalue weighted by Crippen LogP contribution is -2.64. The van der Waals surface area contributed by atoms with Gasteiger partial charge in [0.25, 0.3) is 0 Å². The molecule has 3 saturated heterocycles. The first-order chi connectivity index (χ1) is 18.9. The summed E-state index contributed by atoms with van der Waals surface area (Å²) in [6.45, 7) is 8.06. The number of alkyl halides is 1. The molecule has 216 valence electrons. The zero-order chi connectivity index (χ0) is 28.8. The fraction of sp³-hybridized carbons (Fsp3) is 0.607. The zero-order valence-electron chi connectivity index (χ0n) is 24.0. The highest BCUT2D eigenvalue weighted by atomic mass is 19.1. The second-order valence-corrected chi connectivity index (χ2v) is 11.9. The van der Waals surface area contributed by atoms with Crippen LogP contribution in [0.4, 0.5) is 15.0 Å². The molecule has 12 heteroatoms. The van der Waals surface area contributed by atoms with E-state index in [2.05, 4.69) is 10.2 Å². The predicted molar refractivity (Wildman–Crippen MR) is 149 cm³/mol. The Morgan fingerprint density at radius 1 is 1.18 bits per heavy atom. The van der Waals surface area contributed by atoms with Crippen molar-refractivity contribution in [3.63, 3.8) is 0 Å². The lowest BCUT2D eigenvalue weighted by Gasteiger charge is -2.51. The number of benzene rings is 1. The van der Waals surface area contributed by atoms with Crippen molar-refractivity contribution in [1.82, 2.24) is 15.1 Å². The van der Waals surface area contributed by atoms with Crippen molar-refractivity contribution in [3.05, 3.63) is 30.3 Å². The van der Waals surface area contributed by atoms with Gasteiger partial charge in [-0.15, -0.1) is 10.2 Å². The summed E-state index contributed by atoms with van der Waals surface area (Å²) in [4.78, 5) is 14.9. The van der Waals surface area contributed by atoms with Crippen LogP contribution >= 0.6 is 0 Å². The Kier molecular flexibility index (Phi) is 7.71. The third-order valence-corrected chi connectivity index (χ3v) is 8.91. The van der Waals surface area contributed by atoms with Crippen LogP contribution in [-0.2, 0) is 14.0 Å². The smallest absolute Gasteiger partial charge is 0.467 e. The maximum Gasteiger partial charge on any atom is 0.494 e. The number of rotatable bonds is 7. The molecule has 1 amide bonds. The molecule has 1 aromatic carbocycles. The summed E-state index contributed by atoms with van der Waals surface area (Å²) in [5.41, 5.74) is 1.16. The van der Waals surface area contributed by atoms with Crippen LogP contribution in [0.2, 0.25) is 0 Å². The number of halogens is 1. The maximum absolute atomic E-state index is 15.6. The van der Waals surface area contributed by atoms with E-state index in [1.165, 1.54) is 4.90 Å². The molecule has 0 radical (unpaired) electrons. The number of amides is 1. The number of fused-ring (bicyclic) bond motifs is 2. The summed E-state index contributed by atoms with van der Waals surface area (Å²) in [6.07, 6.45) is 0.182. The van der Waals surface area contributed by atoms with Crippen LogP contribution in [-0.4, -0.2) is 89.9 Å². The fourth-order valence-corrected chi connectivity index (χ4v) is 5.94.